The Bertz CT molecular complexity index is 199. The third-order valence-electron chi connectivity index (χ3n) is 2.26. The number of carbonyl (C=O) groups excluding carboxylic acids is 2. The van der Waals surface area contributed by atoms with Gasteiger partial charge in [0.1, 0.15) is 6.04 Å². The molecule has 0 aromatic rings. The van der Waals surface area contributed by atoms with E-state index in [1.165, 1.54) is 0 Å². The van der Waals surface area contributed by atoms with E-state index in [9.17, 15) is 9.59 Å². The molecule has 1 aliphatic carbocycles. The van der Waals surface area contributed by atoms with Gasteiger partial charge in [-0.1, -0.05) is 6.42 Å². The molecule has 4 nitrogen and oxygen atoms in total. The number of rotatable bonds is 3. The first-order valence-electron chi connectivity index (χ1n) is 4.21. The van der Waals surface area contributed by atoms with Gasteiger partial charge in [0, 0.05) is 5.92 Å². The van der Waals surface area contributed by atoms with Crippen molar-refractivity contribution in [3.05, 3.63) is 0 Å². The number of nitrogens with two attached hydrogens (primary N) is 1. The summed E-state index contributed by atoms with van der Waals surface area (Å²) in [5.41, 5.74) is 4.99. The summed E-state index contributed by atoms with van der Waals surface area (Å²) in [4.78, 5) is 21.8. The first-order valence-corrected chi connectivity index (χ1v) is 4.21. The molecule has 0 unspecified atom stereocenters. The molecule has 0 saturated heterocycles. The van der Waals surface area contributed by atoms with Gasteiger partial charge in [0.2, 0.25) is 11.8 Å². The third kappa shape index (κ3) is 1.96. The highest BCUT2D eigenvalue weighted by Crippen LogP contribution is 2.26. The minimum Gasteiger partial charge on any atom is -0.368 e. The van der Waals surface area contributed by atoms with Gasteiger partial charge in [-0.05, 0) is 19.8 Å². The van der Waals surface area contributed by atoms with Crippen molar-refractivity contribution in [1.82, 2.24) is 5.32 Å². The molecule has 0 aromatic carbocycles. The number of hydrogen-bond acceptors (Lipinski definition) is 2. The van der Waals surface area contributed by atoms with Gasteiger partial charge in [0.05, 0.1) is 0 Å². The van der Waals surface area contributed by atoms with Crippen molar-refractivity contribution in [3.63, 3.8) is 0 Å². The number of carbonyl (C=O) groups is 2. The fourth-order valence-electron chi connectivity index (χ4n) is 1.07. The Morgan fingerprint density at radius 3 is 2.42 bits per heavy atom. The van der Waals surface area contributed by atoms with Gasteiger partial charge in [0.15, 0.2) is 0 Å². The topological polar surface area (TPSA) is 72.2 Å². The van der Waals surface area contributed by atoms with Crippen molar-refractivity contribution in [3.8, 4) is 0 Å². The summed E-state index contributed by atoms with van der Waals surface area (Å²) in [7, 11) is 0. The van der Waals surface area contributed by atoms with Crippen LogP contribution >= 0.6 is 0 Å². The molecule has 2 amide bonds. The van der Waals surface area contributed by atoms with Crippen LogP contribution in [0.3, 0.4) is 0 Å². The molecular formula is C8H14N2O2. The van der Waals surface area contributed by atoms with E-state index in [1.807, 2.05) is 0 Å². The molecule has 68 valence electrons. The van der Waals surface area contributed by atoms with Crippen LogP contribution < -0.4 is 11.1 Å². The van der Waals surface area contributed by atoms with Crippen molar-refractivity contribution in [1.29, 1.82) is 0 Å². The normalized spacial score (nSPS) is 19.4. The molecule has 0 bridgehead atoms. The number of hydrogen-bond donors (Lipinski definition) is 2. The maximum Gasteiger partial charge on any atom is 0.239 e. The third-order valence-corrected chi connectivity index (χ3v) is 2.26. The lowest BCUT2D eigenvalue weighted by Crippen LogP contribution is -2.45. The van der Waals surface area contributed by atoms with E-state index < -0.39 is 11.9 Å². The van der Waals surface area contributed by atoms with Crippen molar-refractivity contribution in [2.75, 3.05) is 0 Å². The lowest BCUT2D eigenvalue weighted by Gasteiger charge is -2.25. The Morgan fingerprint density at radius 1 is 1.50 bits per heavy atom. The molecule has 1 aliphatic rings. The molecular weight excluding hydrogens is 156 g/mol. The van der Waals surface area contributed by atoms with Gasteiger partial charge in [-0.25, -0.2) is 0 Å². The first-order chi connectivity index (χ1) is 5.61. The van der Waals surface area contributed by atoms with Crippen LogP contribution in [-0.4, -0.2) is 17.9 Å². The van der Waals surface area contributed by atoms with E-state index >= 15 is 0 Å². The molecule has 3 N–H and O–H groups in total. The molecule has 0 radical (unpaired) electrons. The maximum atomic E-state index is 11.2. The Labute approximate surface area is 71.5 Å². The molecule has 1 rings (SSSR count). The monoisotopic (exact) mass is 170 g/mol. The van der Waals surface area contributed by atoms with Gasteiger partial charge < -0.3 is 11.1 Å². The van der Waals surface area contributed by atoms with Crippen LogP contribution in [0.25, 0.3) is 0 Å². The van der Waals surface area contributed by atoms with E-state index in [-0.39, 0.29) is 11.8 Å². The quantitative estimate of drug-likeness (QED) is 0.614. The zero-order valence-corrected chi connectivity index (χ0v) is 7.17. The number of nitrogens with one attached hydrogen (secondary N) is 1. The summed E-state index contributed by atoms with van der Waals surface area (Å²) < 4.78 is 0. The second-order valence-corrected chi connectivity index (χ2v) is 3.26. The minimum atomic E-state index is -0.543. The highest BCUT2D eigenvalue weighted by Gasteiger charge is 2.26. The number of primary amides is 1. The average molecular weight is 170 g/mol. The van der Waals surface area contributed by atoms with Crippen LogP contribution in [-0.2, 0) is 9.59 Å². The fourth-order valence-corrected chi connectivity index (χ4v) is 1.07. The second kappa shape index (κ2) is 3.56. The highest BCUT2D eigenvalue weighted by atomic mass is 16.2. The predicted octanol–water partition coefficient (Wildman–Crippen LogP) is -0.223. The van der Waals surface area contributed by atoms with Gasteiger partial charge in [-0.15, -0.1) is 0 Å². The molecule has 1 atom stereocenters. The molecule has 4 heteroatoms. The summed E-state index contributed by atoms with van der Waals surface area (Å²) in [6.07, 6.45) is 3.00. The molecule has 12 heavy (non-hydrogen) atoms. The van der Waals surface area contributed by atoms with E-state index in [0.717, 1.165) is 19.3 Å². The van der Waals surface area contributed by atoms with E-state index in [2.05, 4.69) is 5.32 Å². The highest BCUT2D eigenvalue weighted by molar-refractivity contribution is 5.87. The molecule has 0 aromatic heterocycles. The second-order valence-electron chi connectivity index (χ2n) is 3.26. The van der Waals surface area contributed by atoms with Crippen molar-refractivity contribution < 1.29 is 9.59 Å². The van der Waals surface area contributed by atoms with Crippen LogP contribution in [0.4, 0.5) is 0 Å². The van der Waals surface area contributed by atoms with Gasteiger partial charge in [-0.2, -0.15) is 0 Å². The van der Waals surface area contributed by atoms with Gasteiger partial charge in [0.25, 0.3) is 0 Å². The Balaban J connectivity index is 2.29. The van der Waals surface area contributed by atoms with Crippen LogP contribution in [0.5, 0.6) is 0 Å². The smallest absolute Gasteiger partial charge is 0.239 e. The Morgan fingerprint density at radius 2 is 2.08 bits per heavy atom. The summed E-state index contributed by atoms with van der Waals surface area (Å²) in [6.45, 7) is 1.60. The first kappa shape index (κ1) is 9.03. The van der Waals surface area contributed by atoms with Crippen molar-refractivity contribution >= 4 is 11.8 Å². The summed E-state index contributed by atoms with van der Waals surface area (Å²) >= 11 is 0. The zero-order chi connectivity index (χ0) is 9.14. The maximum absolute atomic E-state index is 11.2. The van der Waals surface area contributed by atoms with Gasteiger partial charge in [-0.3, -0.25) is 9.59 Å². The lowest BCUT2D eigenvalue weighted by atomic mass is 9.84. The Hall–Kier alpha value is -1.06. The molecule has 1 fully saturated rings. The largest absolute Gasteiger partial charge is 0.368 e. The Kier molecular flexibility index (Phi) is 2.68. The molecule has 1 saturated carbocycles. The summed E-state index contributed by atoms with van der Waals surface area (Å²) in [5, 5.41) is 2.57. The minimum absolute atomic E-state index is 0.0347. The van der Waals surface area contributed by atoms with Gasteiger partial charge >= 0.3 is 0 Å². The summed E-state index contributed by atoms with van der Waals surface area (Å²) in [6, 6.07) is -0.543. The molecule has 0 spiro atoms. The van der Waals surface area contributed by atoms with Crippen LogP contribution in [0.1, 0.15) is 26.2 Å². The SMILES string of the molecule is C[C@H](NC(=O)C1CCC1)C(N)=O. The molecule has 0 aliphatic heterocycles. The fraction of sp³-hybridized carbons (Fsp3) is 0.750. The average Bonchev–Trinajstić information content (AvgIpc) is 1.82. The van der Waals surface area contributed by atoms with E-state index in [0.29, 0.717) is 0 Å². The van der Waals surface area contributed by atoms with Crippen LogP contribution in [0, 0.1) is 5.92 Å². The van der Waals surface area contributed by atoms with E-state index in [4.69, 9.17) is 5.73 Å². The lowest BCUT2D eigenvalue weighted by molar-refractivity contribution is -0.131. The van der Waals surface area contributed by atoms with Crippen molar-refractivity contribution in [2.24, 2.45) is 11.7 Å². The van der Waals surface area contributed by atoms with Crippen LogP contribution in [0.15, 0.2) is 0 Å². The predicted molar refractivity (Wildman–Crippen MR) is 44.1 cm³/mol. The number of amides is 2. The molecule has 0 heterocycles. The van der Waals surface area contributed by atoms with E-state index in [1.54, 1.807) is 6.92 Å². The van der Waals surface area contributed by atoms with Crippen LogP contribution in [0.2, 0.25) is 0 Å². The summed E-state index contributed by atoms with van der Waals surface area (Å²) in [5.74, 6) is -0.401. The standard InChI is InChI=1S/C8H14N2O2/c1-5(7(9)11)10-8(12)6-3-2-4-6/h5-6H,2-4H2,1H3,(H2,9,11)(H,10,12)/t5-/m0/s1. The zero-order valence-electron chi connectivity index (χ0n) is 7.17. The van der Waals surface area contributed by atoms with Crippen molar-refractivity contribution in [2.45, 2.75) is 32.2 Å².